The fraction of sp³-hybridized carbons (Fsp3) is 0.556. The Balaban J connectivity index is 1.36. The summed E-state index contributed by atoms with van der Waals surface area (Å²) in [6.45, 7) is 13.5. The molecule has 3 heteroatoms. The first-order chi connectivity index (χ1) is 14.5. The van der Waals surface area contributed by atoms with E-state index < -0.39 is 0 Å². The molecule has 0 spiro atoms. The second-order valence-electron chi connectivity index (χ2n) is 9.68. The number of β-amino-alcohol motifs (C(OH)–C–C–N with tert-alkyl or cyclic N) is 1. The molecule has 2 heterocycles. The van der Waals surface area contributed by atoms with Crippen LogP contribution >= 0.6 is 0 Å². The summed E-state index contributed by atoms with van der Waals surface area (Å²) >= 11 is 0. The molecule has 1 unspecified atom stereocenters. The predicted molar refractivity (Wildman–Crippen MR) is 125 cm³/mol. The van der Waals surface area contributed by atoms with Gasteiger partial charge in [0.1, 0.15) is 0 Å². The van der Waals surface area contributed by atoms with Crippen molar-refractivity contribution in [2.24, 2.45) is 0 Å². The van der Waals surface area contributed by atoms with E-state index >= 15 is 0 Å². The molecule has 0 aliphatic carbocycles. The van der Waals surface area contributed by atoms with E-state index in [0.29, 0.717) is 11.8 Å². The van der Waals surface area contributed by atoms with Crippen molar-refractivity contribution in [1.29, 1.82) is 0 Å². The van der Waals surface area contributed by atoms with Crippen LogP contribution in [0.1, 0.15) is 72.4 Å². The second kappa shape index (κ2) is 9.64. The SMILES string of the molecule is CC(C)c1ccc2c(c1)CN(CCC(C)c1ccc3c(c1)CN(CCO)CC3)CC2. The number of nitrogens with zero attached hydrogens (tertiary/aromatic N) is 2. The van der Waals surface area contributed by atoms with E-state index in [-0.39, 0.29) is 6.61 Å². The predicted octanol–water partition coefficient (Wildman–Crippen LogP) is 4.71. The molecular weight excluding hydrogens is 368 g/mol. The summed E-state index contributed by atoms with van der Waals surface area (Å²) in [5.74, 6) is 1.18. The highest BCUT2D eigenvalue weighted by atomic mass is 16.3. The number of fused-ring (bicyclic) bond motifs is 2. The van der Waals surface area contributed by atoms with Crippen LogP contribution in [0.2, 0.25) is 0 Å². The van der Waals surface area contributed by atoms with Crippen molar-refractivity contribution in [3.05, 3.63) is 69.8 Å². The number of rotatable bonds is 7. The van der Waals surface area contributed by atoms with Gasteiger partial charge in [0.15, 0.2) is 0 Å². The lowest BCUT2D eigenvalue weighted by atomic mass is 9.90. The normalized spacial score (nSPS) is 18.3. The van der Waals surface area contributed by atoms with Crippen molar-refractivity contribution < 1.29 is 5.11 Å². The van der Waals surface area contributed by atoms with Gasteiger partial charge in [-0.05, 0) is 71.0 Å². The van der Waals surface area contributed by atoms with Crippen LogP contribution in [0.4, 0.5) is 0 Å². The molecule has 0 aromatic heterocycles. The quantitative estimate of drug-likeness (QED) is 0.721. The average molecular weight is 407 g/mol. The van der Waals surface area contributed by atoms with Crippen molar-refractivity contribution in [2.75, 3.05) is 32.8 Å². The van der Waals surface area contributed by atoms with Crippen molar-refractivity contribution in [3.63, 3.8) is 0 Å². The van der Waals surface area contributed by atoms with Crippen molar-refractivity contribution in [1.82, 2.24) is 9.80 Å². The molecule has 4 rings (SSSR count). The monoisotopic (exact) mass is 406 g/mol. The van der Waals surface area contributed by atoms with Crippen LogP contribution in [0.3, 0.4) is 0 Å². The molecule has 2 aliphatic heterocycles. The van der Waals surface area contributed by atoms with Gasteiger partial charge in [0.05, 0.1) is 6.61 Å². The van der Waals surface area contributed by atoms with Gasteiger partial charge < -0.3 is 5.11 Å². The zero-order chi connectivity index (χ0) is 21.1. The molecule has 2 aromatic rings. The topological polar surface area (TPSA) is 26.7 Å². The van der Waals surface area contributed by atoms with Gasteiger partial charge >= 0.3 is 0 Å². The fourth-order valence-electron chi connectivity index (χ4n) is 5.00. The zero-order valence-corrected chi connectivity index (χ0v) is 19.0. The first-order valence-corrected chi connectivity index (χ1v) is 11.8. The van der Waals surface area contributed by atoms with Gasteiger partial charge in [0, 0.05) is 32.7 Å². The van der Waals surface area contributed by atoms with E-state index in [1.807, 2.05) is 0 Å². The molecule has 0 saturated heterocycles. The first-order valence-electron chi connectivity index (χ1n) is 11.8. The third-order valence-electron chi connectivity index (χ3n) is 7.17. The number of hydrogen-bond donors (Lipinski definition) is 1. The highest BCUT2D eigenvalue weighted by Crippen LogP contribution is 2.28. The van der Waals surface area contributed by atoms with Gasteiger partial charge in [-0.2, -0.15) is 0 Å². The summed E-state index contributed by atoms with van der Waals surface area (Å²) in [5, 5.41) is 9.26. The third-order valence-corrected chi connectivity index (χ3v) is 7.17. The molecule has 3 nitrogen and oxygen atoms in total. The molecule has 2 aromatic carbocycles. The Morgan fingerprint density at radius 2 is 1.33 bits per heavy atom. The Bertz CT molecular complexity index is 860. The molecule has 0 saturated carbocycles. The minimum atomic E-state index is 0.253. The van der Waals surface area contributed by atoms with Gasteiger partial charge in [-0.1, -0.05) is 57.2 Å². The van der Waals surface area contributed by atoms with Crippen molar-refractivity contribution in [2.45, 2.75) is 65.0 Å². The van der Waals surface area contributed by atoms with Gasteiger partial charge in [-0.15, -0.1) is 0 Å². The molecule has 30 heavy (non-hydrogen) atoms. The minimum absolute atomic E-state index is 0.253. The summed E-state index contributed by atoms with van der Waals surface area (Å²) < 4.78 is 0. The first kappa shape index (κ1) is 21.5. The molecule has 1 N–H and O–H groups in total. The number of hydrogen-bond acceptors (Lipinski definition) is 3. The van der Waals surface area contributed by atoms with Crippen LogP contribution in [0, 0.1) is 0 Å². The summed E-state index contributed by atoms with van der Waals surface area (Å²) in [6, 6.07) is 14.3. The molecule has 162 valence electrons. The molecule has 0 fully saturated rings. The van der Waals surface area contributed by atoms with Crippen LogP contribution in [0.15, 0.2) is 36.4 Å². The van der Waals surface area contributed by atoms with E-state index in [0.717, 1.165) is 32.6 Å². The standard InChI is InChI=1S/C27H38N2O/c1-20(2)24-6-4-22-9-12-28(18-26(22)16-24)11-8-21(3)25-7-5-23-10-13-29(14-15-30)19-27(23)17-25/h4-7,16-17,20-21,30H,8-15,18-19H2,1-3H3. The lowest BCUT2D eigenvalue weighted by Gasteiger charge is -2.31. The molecule has 1 atom stereocenters. The third kappa shape index (κ3) is 4.96. The Morgan fingerprint density at radius 1 is 0.767 bits per heavy atom. The maximum atomic E-state index is 9.26. The summed E-state index contributed by atoms with van der Waals surface area (Å²) in [4.78, 5) is 5.01. The molecule has 2 aliphatic rings. The highest BCUT2D eigenvalue weighted by molar-refractivity contribution is 5.36. The Morgan fingerprint density at radius 3 is 1.93 bits per heavy atom. The maximum absolute atomic E-state index is 9.26. The van der Waals surface area contributed by atoms with Gasteiger partial charge in [0.2, 0.25) is 0 Å². The van der Waals surface area contributed by atoms with Crippen molar-refractivity contribution in [3.8, 4) is 0 Å². The van der Waals surface area contributed by atoms with Crippen molar-refractivity contribution >= 4 is 0 Å². The summed E-state index contributed by atoms with van der Waals surface area (Å²) in [7, 11) is 0. The number of benzene rings is 2. The van der Waals surface area contributed by atoms with Crippen LogP contribution in [0.25, 0.3) is 0 Å². The van der Waals surface area contributed by atoms with Crippen LogP contribution < -0.4 is 0 Å². The largest absolute Gasteiger partial charge is 0.395 e. The lowest BCUT2D eigenvalue weighted by molar-refractivity contribution is 0.184. The number of aliphatic hydroxyl groups is 1. The minimum Gasteiger partial charge on any atom is -0.395 e. The Kier molecular flexibility index (Phi) is 6.92. The fourth-order valence-corrected chi connectivity index (χ4v) is 5.00. The average Bonchev–Trinajstić information content (AvgIpc) is 2.76. The van der Waals surface area contributed by atoms with E-state index in [2.05, 4.69) is 67.0 Å². The van der Waals surface area contributed by atoms with E-state index in [4.69, 9.17) is 0 Å². The van der Waals surface area contributed by atoms with Gasteiger partial charge in [0.25, 0.3) is 0 Å². The Hall–Kier alpha value is -1.68. The summed E-state index contributed by atoms with van der Waals surface area (Å²) in [5.41, 5.74) is 8.98. The van der Waals surface area contributed by atoms with Crippen LogP contribution in [0.5, 0.6) is 0 Å². The van der Waals surface area contributed by atoms with Crippen LogP contribution in [-0.2, 0) is 25.9 Å². The second-order valence-corrected chi connectivity index (χ2v) is 9.68. The van der Waals surface area contributed by atoms with Gasteiger partial charge in [-0.3, -0.25) is 9.80 Å². The van der Waals surface area contributed by atoms with E-state index in [9.17, 15) is 5.11 Å². The van der Waals surface area contributed by atoms with Crippen LogP contribution in [-0.4, -0.2) is 47.7 Å². The molecule has 0 radical (unpaired) electrons. The highest BCUT2D eigenvalue weighted by Gasteiger charge is 2.20. The smallest absolute Gasteiger partial charge is 0.0558 e. The number of aliphatic hydroxyl groups excluding tert-OH is 1. The molecule has 0 amide bonds. The molecule has 0 bridgehead atoms. The Labute approximate surface area is 182 Å². The van der Waals surface area contributed by atoms with E-state index in [1.54, 1.807) is 5.56 Å². The lowest BCUT2D eigenvalue weighted by Crippen LogP contribution is -2.33. The van der Waals surface area contributed by atoms with E-state index in [1.165, 1.54) is 53.7 Å². The maximum Gasteiger partial charge on any atom is 0.0558 e. The molecular formula is C27H38N2O. The summed E-state index contributed by atoms with van der Waals surface area (Å²) in [6.07, 6.45) is 3.50. The zero-order valence-electron chi connectivity index (χ0n) is 19.0. The van der Waals surface area contributed by atoms with Gasteiger partial charge in [-0.25, -0.2) is 0 Å².